The molecule has 0 atom stereocenters. The second kappa shape index (κ2) is 6.52. The number of benzene rings is 1. The summed E-state index contributed by atoms with van der Waals surface area (Å²) in [6.45, 7) is 7.05. The SMILES string of the molecule is CNNC(=O)COCc1ccc(C(C)(C)C)cc1. The zero-order valence-corrected chi connectivity index (χ0v) is 11.5. The lowest BCUT2D eigenvalue weighted by Crippen LogP contribution is -2.36. The maximum Gasteiger partial charge on any atom is 0.260 e. The molecule has 0 spiro atoms. The van der Waals surface area contributed by atoms with Crippen LogP contribution in [0, 0.1) is 0 Å². The minimum atomic E-state index is -0.177. The van der Waals surface area contributed by atoms with E-state index in [9.17, 15) is 4.79 Å². The van der Waals surface area contributed by atoms with Gasteiger partial charge < -0.3 is 4.74 Å². The van der Waals surface area contributed by atoms with E-state index in [1.807, 2.05) is 12.1 Å². The van der Waals surface area contributed by atoms with Crippen LogP contribution in [-0.4, -0.2) is 19.6 Å². The van der Waals surface area contributed by atoms with Gasteiger partial charge in [-0.2, -0.15) is 0 Å². The van der Waals surface area contributed by atoms with E-state index in [4.69, 9.17) is 4.74 Å². The van der Waals surface area contributed by atoms with Crippen molar-refractivity contribution in [3.63, 3.8) is 0 Å². The zero-order valence-electron chi connectivity index (χ0n) is 11.5. The van der Waals surface area contributed by atoms with Crippen LogP contribution in [0.4, 0.5) is 0 Å². The van der Waals surface area contributed by atoms with Crippen LogP contribution in [0.15, 0.2) is 24.3 Å². The molecule has 2 N–H and O–H groups in total. The molecular weight excluding hydrogens is 228 g/mol. The lowest BCUT2D eigenvalue weighted by Gasteiger charge is -2.19. The maximum atomic E-state index is 11.1. The minimum Gasteiger partial charge on any atom is -0.367 e. The number of hydrazine groups is 1. The number of ether oxygens (including phenoxy) is 1. The summed E-state index contributed by atoms with van der Waals surface area (Å²) in [5.41, 5.74) is 7.53. The number of carbonyl (C=O) groups excluding carboxylic acids is 1. The molecule has 1 rings (SSSR count). The fourth-order valence-corrected chi connectivity index (χ4v) is 1.54. The normalized spacial score (nSPS) is 11.3. The molecule has 0 heterocycles. The van der Waals surface area contributed by atoms with Gasteiger partial charge in [-0.25, -0.2) is 5.43 Å². The standard InChI is InChI=1S/C14H22N2O2/c1-14(2,3)12-7-5-11(6-8-12)9-18-10-13(17)16-15-4/h5-8,15H,9-10H2,1-4H3,(H,16,17). The molecule has 1 aromatic rings. The Bertz CT molecular complexity index is 380. The van der Waals surface area contributed by atoms with Crippen molar-refractivity contribution in [1.29, 1.82) is 0 Å². The molecule has 0 radical (unpaired) electrons. The quantitative estimate of drug-likeness (QED) is 0.783. The zero-order chi connectivity index (χ0) is 13.6. The van der Waals surface area contributed by atoms with E-state index in [1.54, 1.807) is 7.05 Å². The lowest BCUT2D eigenvalue weighted by molar-refractivity contribution is -0.126. The summed E-state index contributed by atoms with van der Waals surface area (Å²) in [4.78, 5) is 11.1. The summed E-state index contributed by atoms with van der Waals surface area (Å²) in [6, 6.07) is 8.28. The van der Waals surface area contributed by atoms with Gasteiger partial charge in [0, 0.05) is 7.05 Å². The average Bonchev–Trinajstić information content (AvgIpc) is 2.29. The fourth-order valence-electron chi connectivity index (χ4n) is 1.54. The highest BCUT2D eigenvalue weighted by molar-refractivity contribution is 5.76. The van der Waals surface area contributed by atoms with Crippen molar-refractivity contribution >= 4 is 5.91 Å². The molecule has 18 heavy (non-hydrogen) atoms. The van der Waals surface area contributed by atoms with E-state index in [0.29, 0.717) is 6.61 Å². The van der Waals surface area contributed by atoms with Gasteiger partial charge >= 0.3 is 0 Å². The van der Waals surface area contributed by atoms with Crippen LogP contribution in [0.2, 0.25) is 0 Å². The third-order valence-corrected chi connectivity index (χ3v) is 2.59. The van der Waals surface area contributed by atoms with E-state index < -0.39 is 0 Å². The molecule has 0 aliphatic carbocycles. The fraction of sp³-hybridized carbons (Fsp3) is 0.500. The van der Waals surface area contributed by atoms with Gasteiger partial charge in [0.1, 0.15) is 6.61 Å². The smallest absolute Gasteiger partial charge is 0.260 e. The van der Waals surface area contributed by atoms with Gasteiger partial charge in [0.25, 0.3) is 5.91 Å². The molecule has 0 bridgehead atoms. The monoisotopic (exact) mass is 250 g/mol. The number of hydrogen-bond acceptors (Lipinski definition) is 3. The molecule has 0 aliphatic rings. The maximum absolute atomic E-state index is 11.1. The van der Waals surface area contributed by atoms with Crippen LogP contribution in [0.3, 0.4) is 0 Å². The highest BCUT2D eigenvalue weighted by Gasteiger charge is 2.12. The van der Waals surface area contributed by atoms with Gasteiger partial charge in [0.15, 0.2) is 0 Å². The third-order valence-electron chi connectivity index (χ3n) is 2.59. The highest BCUT2D eigenvalue weighted by atomic mass is 16.5. The second-order valence-electron chi connectivity index (χ2n) is 5.24. The molecule has 100 valence electrons. The van der Waals surface area contributed by atoms with E-state index in [2.05, 4.69) is 43.8 Å². The number of carbonyl (C=O) groups is 1. The average molecular weight is 250 g/mol. The number of nitrogens with one attached hydrogen (secondary N) is 2. The molecule has 4 nitrogen and oxygen atoms in total. The van der Waals surface area contributed by atoms with Crippen LogP contribution < -0.4 is 10.9 Å². The Labute approximate surface area is 109 Å². The van der Waals surface area contributed by atoms with Crippen molar-refractivity contribution < 1.29 is 9.53 Å². The molecular formula is C14H22N2O2. The molecule has 1 aromatic carbocycles. The number of amides is 1. The first kappa shape index (κ1) is 14.7. The first-order valence-corrected chi connectivity index (χ1v) is 6.06. The van der Waals surface area contributed by atoms with Gasteiger partial charge in [0.05, 0.1) is 6.61 Å². The predicted molar refractivity (Wildman–Crippen MR) is 72.0 cm³/mol. The minimum absolute atomic E-state index is 0.0574. The van der Waals surface area contributed by atoms with Crippen LogP contribution in [0.25, 0.3) is 0 Å². The van der Waals surface area contributed by atoms with Crippen LogP contribution >= 0.6 is 0 Å². The third kappa shape index (κ3) is 4.85. The van der Waals surface area contributed by atoms with E-state index in [0.717, 1.165) is 5.56 Å². The Morgan fingerprint density at radius 1 is 1.22 bits per heavy atom. The Morgan fingerprint density at radius 3 is 2.33 bits per heavy atom. The summed E-state index contributed by atoms with van der Waals surface area (Å²) in [5.74, 6) is -0.177. The first-order valence-electron chi connectivity index (χ1n) is 6.06. The van der Waals surface area contributed by atoms with Crippen molar-refractivity contribution in [3.8, 4) is 0 Å². The molecule has 0 aliphatic heterocycles. The molecule has 4 heteroatoms. The van der Waals surface area contributed by atoms with Crippen molar-refractivity contribution in [2.45, 2.75) is 32.8 Å². The Kier molecular flexibility index (Phi) is 5.31. The van der Waals surface area contributed by atoms with Gasteiger partial charge in [0.2, 0.25) is 0 Å². The van der Waals surface area contributed by atoms with E-state index in [1.165, 1.54) is 5.56 Å². The van der Waals surface area contributed by atoms with Crippen LogP contribution in [-0.2, 0) is 21.6 Å². The molecule has 0 saturated heterocycles. The summed E-state index contributed by atoms with van der Waals surface area (Å²) >= 11 is 0. The van der Waals surface area contributed by atoms with Gasteiger partial charge in [-0.1, -0.05) is 45.0 Å². The predicted octanol–water partition coefficient (Wildman–Crippen LogP) is 1.75. The van der Waals surface area contributed by atoms with Crippen molar-refractivity contribution in [2.75, 3.05) is 13.7 Å². The van der Waals surface area contributed by atoms with Gasteiger partial charge in [-0.15, -0.1) is 0 Å². The van der Waals surface area contributed by atoms with E-state index in [-0.39, 0.29) is 17.9 Å². The van der Waals surface area contributed by atoms with Gasteiger partial charge in [-0.3, -0.25) is 10.2 Å². The van der Waals surface area contributed by atoms with Crippen molar-refractivity contribution in [2.24, 2.45) is 0 Å². The van der Waals surface area contributed by atoms with Crippen molar-refractivity contribution in [1.82, 2.24) is 10.9 Å². The number of hydrogen-bond donors (Lipinski definition) is 2. The second-order valence-corrected chi connectivity index (χ2v) is 5.24. The first-order chi connectivity index (χ1) is 8.43. The molecule has 0 fully saturated rings. The summed E-state index contributed by atoms with van der Waals surface area (Å²) < 4.78 is 5.31. The Morgan fingerprint density at radius 2 is 1.83 bits per heavy atom. The highest BCUT2D eigenvalue weighted by Crippen LogP contribution is 2.22. The number of rotatable bonds is 5. The lowest BCUT2D eigenvalue weighted by atomic mass is 9.87. The van der Waals surface area contributed by atoms with Crippen LogP contribution in [0.5, 0.6) is 0 Å². The molecule has 1 amide bonds. The molecule has 0 aromatic heterocycles. The van der Waals surface area contributed by atoms with Crippen LogP contribution in [0.1, 0.15) is 31.9 Å². The summed E-state index contributed by atoms with van der Waals surface area (Å²) in [6.07, 6.45) is 0. The van der Waals surface area contributed by atoms with E-state index >= 15 is 0 Å². The Hall–Kier alpha value is -1.39. The molecule has 0 unspecified atom stereocenters. The van der Waals surface area contributed by atoms with Gasteiger partial charge in [-0.05, 0) is 16.5 Å². The topological polar surface area (TPSA) is 50.4 Å². The largest absolute Gasteiger partial charge is 0.367 e. The molecule has 0 saturated carbocycles. The summed E-state index contributed by atoms with van der Waals surface area (Å²) in [5, 5.41) is 0. The Balaban J connectivity index is 2.42. The van der Waals surface area contributed by atoms with Crippen molar-refractivity contribution in [3.05, 3.63) is 35.4 Å². The summed E-state index contributed by atoms with van der Waals surface area (Å²) in [7, 11) is 1.64.